The fraction of sp³-hybridized carbons (Fsp3) is 0.300. The molecule has 0 aliphatic carbocycles. The van der Waals surface area contributed by atoms with E-state index in [0.29, 0.717) is 11.3 Å². The summed E-state index contributed by atoms with van der Waals surface area (Å²) in [6.45, 7) is 3.51. The van der Waals surface area contributed by atoms with Gasteiger partial charge in [0.05, 0.1) is 5.56 Å². The molecule has 8 heteroatoms. The molecule has 1 atom stereocenters. The Labute approximate surface area is 159 Å². The molecule has 148 valence electrons. The fourth-order valence-corrected chi connectivity index (χ4v) is 3.12. The predicted octanol–water partition coefficient (Wildman–Crippen LogP) is 4.03. The van der Waals surface area contributed by atoms with Crippen molar-refractivity contribution in [3.8, 4) is 0 Å². The first-order valence-corrected chi connectivity index (χ1v) is 8.65. The van der Waals surface area contributed by atoms with Gasteiger partial charge in [0.15, 0.2) is 0 Å². The van der Waals surface area contributed by atoms with Crippen LogP contribution in [0.25, 0.3) is 0 Å². The number of halogens is 4. The van der Waals surface area contributed by atoms with Gasteiger partial charge in [-0.15, -0.1) is 0 Å². The maximum Gasteiger partial charge on any atom is 0.416 e. The van der Waals surface area contributed by atoms with Crippen molar-refractivity contribution in [2.75, 3.05) is 18.0 Å². The summed E-state index contributed by atoms with van der Waals surface area (Å²) in [5.41, 5.74) is 0.0869. The van der Waals surface area contributed by atoms with E-state index in [2.05, 4.69) is 0 Å². The Morgan fingerprint density at radius 1 is 1.07 bits per heavy atom. The van der Waals surface area contributed by atoms with Gasteiger partial charge in [0.25, 0.3) is 5.91 Å². The molecule has 1 aliphatic heterocycles. The maximum absolute atomic E-state index is 13.8. The molecule has 2 amide bonds. The Bertz CT molecular complexity index is 909. The summed E-state index contributed by atoms with van der Waals surface area (Å²) in [7, 11) is 0. The first-order valence-electron chi connectivity index (χ1n) is 8.65. The zero-order valence-electron chi connectivity index (χ0n) is 15.3. The number of piperazine rings is 1. The number of hydrogen-bond donors (Lipinski definition) is 0. The van der Waals surface area contributed by atoms with Crippen LogP contribution in [0.5, 0.6) is 0 Å². The van der Waals surface area contributed by atoms with Gasteiger partial charge in [-0.25, -0.2) is 4.39 Å². The SMILES string of the molecule is Cc1ccc(N2CCN(C(=O)c3ccc(C(F)(F)F)cc3)[C@@H](C)C2=O)cc1F. The Kier molecular flexibility index (Phi) is 5.14. The predicted molar refractivity (Wildman–Crippen MR) is 95.4 cm³/mol. The molecule has 0 saturated carbocycles. The molecule has 28 heavy (non-hydrogen) atoms. The van der Waals surface area contributed by atoms with Crippen LogP contribution in [-0.4, -0.2) is 35.8 Å². The topological polar surface area (TPSA) is 40.6 Å². The number of nitrogens with zero attached hydrogens (tertiary/aromatic N) is 2. The van der Waals surface area contributed by atoms with E-state index < -0.39 is 29.5 Å². The number of benzene rings is 2. The summed E-state index contributed by atoms with van der Waals surface area (Å²) in [6, 6.07) is 7.53. The number of aryl methyl sites for hydroxylation is 1. The molecule has 1 fully saturated rings. The van der Waals surface area contributed by atoms with Gasteiger partial charge in [0.2, 0.25) is 5.91 Å². The van der Waals surface area contributed by atoms with Gasteiger partial charge in [-0.2, -0.15) is 13.2 Å². The number of rotatable bonds is 2. The number of anilines is 1. The molecule has 2 aromatic carbocycles. The van der Waals surface area contributed by atoms with Crippen LogP contribution in [0.1, 0.15) is 28.4 Å². The summed E-state index contributed by atoms with van der Waals surface area (Å²) < 4.78 is 51.8. The highest BCUT2D eigenvalue weighted by atomic mass is 19.4. The van der Waals surface area contributed by atoms with Crippen molar-refractivity contribution in [1.82, 2.24) is 4.90 Å². The molecule has 0 N–H and O–H groups in total. The lowest BCUT2D eigenvalue weighted by molar-refractivity contribution is -0.137. The van der Waals surface area contributed by atoms with E-state index in [1.165, 1.54) is 15.9 Å². The average molecular weight is 394 g/mol. The fourth-order valence-electron chi connectivity index (χ4n) is 3.12. The lowest BCUT2D eigenvalue weighted by atomic mass is 10.1. The standard InChI is InChI=1S/C20H18F4N2O2/c1-12-3-8-16(11-17(12)21)26-10-9-25(13(2)18(26)27)19(28)14-4-6-15(7-5-14)20(22,23)24/h3-8,11,13H,9-10H2,1-2H3/t13-/m0/s1. The number of carbonyl (C=O) groups is 2. The lowest BCUT2D eigenvalue weighted by Gasteiger charge is -2.39. The first kappa shape index (κ1) is 19.9. The second-order valence-electron chi connectivity index (χ2n) is 6.67. The molecule has 0 bridgehead atoms. The zero-order valence-corrected chi connectivity index (χ0v) is 15.3. The highest BCUT2D eigenvalue weighted by Crippen LogP contribution is 2.29. The highest BCUT2D eigenvalue weighted by Gasteiger charge is 2.36. The van der Waals surface area contributed by atoms with Crippen LogP contribution in [0.15, 0.2) is 42.5 Å². The van der Waals surface area contributed by atoms with E-state index in [9.17, 15) is 27.2 Å². The second-order valence-corrected chi connectivity index (χ2v) is 6.67. The minimum absolute atomic E-state index is 0.0717. The third kappa shape index (κ3) is 3.72. The molecule has 0 spiro atoms. The molecule has 1 saturated heterocycles. The Hall–Kier alpha value is -2.90. The van der Waals surface area contributed by atoms with Gasteiger partial charge >= 0.3 is 6.18 Å². The van der Waals surface area contributed by atoms with Crippen LogP contribution in [0.2, 0.25) is 0 Å². The first-order chi connectivity index (χ1) is 13.1. The summed E-state index contributed by atoms with van der Waals surface area (Å²) in [6.07, 6.45) is -4.49. The summed E-state index contributed by atoms with van der Waals surface area (Å²) in [5, 5.41) is 0. The summed E-state index contributed by atoms with van der Waals surface area (Å²) >= 11 is 0. The van der Waals surface area contributed by atoms with Crippen molar-refractivity contribution < 1.29 is 27.2 Å². The van der Waals surface area contributed by atoms with Crippen molar-refractivity contribution in [2.45, 2.75) is 26.1 Å². The van der Waals surface area contributed by atoms with E-state index in [0.717, 1.165) is 24.3 Å². The summed E-state index contributed by atoms with van der Waals surface area (Å²) in [4.78, 5) is 28.1. The average Bonchev–Trinajstić information content (AvgIpc) is 2.65. The molecule has 3 rings (SSSR count). The largest absolute Gasteiger partial charge is 0.416 e. The third-order valence-electron chi connectivity index (χ3n) is 4.84. The van der Waals surface area contributed by atoms with Crippen molar-refractivity contribution in [3.63, 3.8) is 0 Å². The van der Waals surface area contributed by atoms with E-state index in [1.807, 2.05) is 0 Å². The van der Waals surface area contributed by atoms with Gasteiger partial charge < -0.3 is 9.80 Å². The third-order valence-corrected chi connectivity index (χ3v) is 4.84. The van der Waals surface area contributed by atoms with Crippen molar-refractivity contribution in [3.05, 3.63) is 65.0 Å². The Morgan fingerprint density at radius 2 is 1.71 bits per heavy atom. The van der Waals surface area contributed by atoms with E-state index in [-0.39, 0.29) is 24.6 Å². The second kappa shape index (κ2) is 7.26. The monoisotopic (exact) mass is 394 g/mol. The minimum Gasteiger partial charge on any atom is -0.325 e. The van der Waals surface area contributed by atoms with E-state index in [4.69, 9.17) is 0 Å². The lowest BCUT2D eigenvalue weighted by Crippen LogP contribution is -2.57. The number of alkyl halides is 3. The molecule has 0 unspecified atom stereocenters. The van der Waals surface area contributed by atoms with Crippen LogP contribution in [0.4, 0.5) is 23.2 Å². The number of hydrogen-bond acceptors (Lipinski definition) is 2. The smallest absolute Gasteiger partial charge is 0.325 e. The van der Waals surface area contributed by atoms with Crippen molar-refractivity contribution >= 4 is 17.5 Å². The molecular weight excluding hydrogens is 376 g/mol. The van der Waals surface area contributed by atoms with Crippen molar-refractivity contribution in [2.24, 2.45) is 0 Å². The maximum atomic E-state index is 13.8. The molecule has 0 radical (unpaired) electrons. The van der Waals surface area contributed by atoms with Crippen molar-refractivity contribution in [1.29, 1.82) is 0 Å². The Morgan fingerprint density at radius 3 is 2.29 bits per heavy atom. The van der Waals surface area contributed by atoms with Gasteiger partial charge in [0, 0.05) is 24.3 Å². The minimum atomic E-state index is -4.49. The zero-order chi connectivity index (χ0) is 20.6. The normalized spacial score (nSPS) is 17.8. The van der Waals surface area contributed by atoms with Crippen LogP contribution in [0.3, 0.4) is 0 Å². The molecule has 1 heterocycles. The van der Waals surface area contributed by atoms with Crippen LogP contribution >= 0.6 is 0 Å². The number of carbonyl (C=O) groups excluding carboxylic acids is 2. The van der Waals surface area contributed by atoms with Crippen LogP contribution in [0, 0.1) is 12.7 Å². The quantitative estimate of drug-likeness (QED) is 0.722. The molecule has 1 aliphatic rings. The number of amides is 2. The van der Waals surface area contributed by atoms with Gasteiger partial charge in [-0.1, -0.05) is 6.07 Å². The summed E-state index contributed by atoms with van der Waals surface area (Å²) in [5.74, 6) is -1.33. The highest BCUT2D eigenvalue weighted by molar-refractivity contribution is 6.03. The Balaban J connectivity index is 1.77. The molecule has 0 aromatic heterocycles. The van der Waals surface area contributed by atoms with Crippen LogP contribution < -0.4 is 4.90 Å². The van der Waals surface area contributed by atoms with E-state index >= 15 is 0 Å². The molecule has 2 aromatic rings. The van der Waals surface area contributed by atoms with Gasteiger partial charge in [0.1, 0.15) is 11.9 Å². The molecular formula is C20H18F4N2O2. The van der Waals surface area contributed by atoms with E-state index in [1.54, 1.807) is 26.0 Å². The van der Waals surface area contributed by atoms with Gasteiger partial charge in [-0.05, 0) is 55.8 Å². The van der Waals surface area contributed by atoms with Crippen LogP contribution in [-0.2, 0) is 11.0 Å². The van der Waals surface area contributed by atoms with Gasteiger partial charge in [-0.3, -0.25) is 9.59 Å². The molecule has 4 nitrogen and oxygen atoms in total.